The van der Waals surface area contributed by atoms with Crippen LogP contribution in [0.1, 0.15) is 5.56 Å². The second-order valence-corrected chi connectivity index (χ2v) is 7.03. The maximum atomic E-state index is 13.6. The average Bonchev–Trinajstić information content (AvgIpc) is 3.13. The van der Waals surface area contributed by atoms with Crippen molar-refractivity contribution in [1.29, 1.82) is 0 Å². The van der Waals surface area contributed by atoms with Crippen molar-refractivity contribution in [2.45, 2.75) is 6.42 Å². The highest BCUT2D eigenvalue weighted by Crippen LogP contribution is 2.29. The smallest absolute Gasteiger partial charge is 0.315 e. The summed E-state index contributed by atoms with van der Waals surface area (Å²) < 4.78 is 23.7. The Labute approximate surface area is 172 Å². The number of nitrogens with one attached hydrogen (secondary N) is 1. The number of rotatable bonds is 3. The Balaban J connectivity index is 1.34. The Morgan fingerprint density at radius 1 is 1.10 bits per heavy atom. The fourth-order valence-corrected chi connectivity index (χ4v) is 3.53. The first kappa shape index (κ1) is 19.7. The minimum absolute atomic E-state index is 0.158. The van der Waals surface area contributed by atoms with Crippen molar-refractivity contribution in [3.8, 4) is 11.5 Å². The number of methoxy groups -OCH3 is 1. The second-order valence-electron chi connectivity index (χ2n) is 7.03. The van der Waals surface area contributed by atoms with Crippen LogP contribution >= 0.6 is 0 Å². The van der Waals surface area contributed by atoms with Crippen molar-refractivity contribution in [2.75, 3.05) is 43.5 Å². The Hall–Kier alpha value is -3.62. The number of halogens is 1. The van der Waals surface area contributed by atoms with E-state index >= 15 is 0 Å². The second kappa shape index (κ2) is 8.02. The quantitative estimate of drug-likeness (QED) is 0.467. The highest BCUT2D eigenvalue weighted by molar-refractivity contribution is 6.39. The summed E-state index contributed by atoms with van der Waals surface area (Å²) in [7, 11) is 1.41. The van der Waals surface area contributed by atoms with Crippen LogP contribution in [0.4, 0.5) is 15.8 Å². The van der Waals surface area contributed by atoms with Crippen LogP contribution in [0.15, 0.2) is 36.4 Å². The molecule has 9 heteroatoms. The van der Waals surface area contributed by atoms with Gasteiger partial charge in [-0.25, -0.2) is 4.39 Å². The fourth-order valence-electron chi connectivity index (χ4n) is 3.53. The largest absolute Gasteiger partial charge is 0.494 e. The van der Waals surface area contributed by atoms with Crippen molar-refractivity contribution in [3.63, 3.8) is 0 Å². The highest BCUT2D eigenvalue weighted by Gasteiger charge is 2.27. The first-order valence-corrected chi connectivity index (χ1v) is 9.47. The zero-order valence-electron chi connectivity index (χ0n) is 16.3. The van der Waals surface area contributed by atoms with Gasteiger partial charge in [0, 0.05) is 55.2 Å². The van der Waals surface area contributed by atoms with Crippen LogP contribution in [0.25, 0.3) is 0 Å². The molecule has 0 atom stereocenters. The van der Waals surface area contributed by atoms with Gasteiger partial charge in [-0.3, -0.25) is 14.4 Å². The minimum atomic E-state index is -0.754. The van der Waals surface area contributed by atoms with Crippen LogP contribution in [0.5, 0.6) is 11.5 Å². The summed E-state index contributed by atoms with van der Waals surface area (Å²) >= 11 is 0. The van der Waals surface area contributed by atoms with Gasteiger partial charge in [0.2, 0.25) is 0 Å². The highest BCUT2D eigenvalue weighted by atomic mass is 19.1. The third kappa shape index (κ3) is 3.91. The van der Waals surface area contributed by atoms with Crippen molar-refractivity contribution in [3.05, 3.63) is 47.8 Å². The molecule has 1 N–H and O–H groups in total. The minimum Gasteiger partial charge on any atom is -0.494 e. The lowest BCUT2D eigenvalue weighted by Crippen LogP contribution is -2.51. The topological polar surface area (TPSA) is 88.2 Å². The molecule has 30 heavy (non-hydrogen) atoms. The molecular weight excluding hydrogens is 393 g/mol. The van der Waals surface area contributed by atoms with Gasteiger partial charge in [-0.2, -0.15) is 0 Å². The lowest BCUT2D eigenvalue weighted by molar-refractivity contribution is -0.143. The van der Waals surface area contributed by atoms with Gasteiger partial charge in [0.15, 0.2) is 11.6 Å². The van der Waals surface area contributed by atoms with E-state index in [4.69, 9.17) is 9.47 Å². The summed E-state index contributed by atoms with van der Waals surface area (Å²) in [6.07, 6.45) is 0.201. The molecule has 156 valence electrons. The van der Waals surface area contributed by atoms with Gasteiger partial charge in [0.1, 0.15) is 5.75 Å². The number of hydrogen-bond donors (Lipinski definition) is 1. The predicted octanol–water partition coefficient (Wildman–Crippen LogP) is 1.58. The zero-order valence-corrected chi connectivity index (χ0v) is 16.3. The number of benzene rings is 2. The van der Waals surface area contributed by atoms with Crippen molar-refractivity contribution >= 4 is 29.2 Å². The molecule has 8 nitrogen and oxygen atoms in total. The number of anilines is 2. The van der Waals surface area contributed by atoms with E-state index in [1.165, 1.54) is 24.1 Å². The summed E-state index contributed by atoms with van der Waals surface area (Å²) in [6.45, 7) is 1.71. The van der Waals surface area contributed by atoms with Gasteiger partial charge in [-0.1, -0.05) is 6.07 Å². The van der Waals surface area contributed by atoms with Crippen molar-refractivity contribution < 1.29 is 28.2 Å². The first-order chi connectivity index (χ1) is 14.4. The van der Waals surface area contributed by atoms with Gasteiger partial charge in [-0.15, -0.1) is 0 Å². The number of amides is 2. The average molecular weight is 413 g/mol. The molecule has 0 spiro atoms. The monoisotopic (exact) mass is 413 g/mol. The van der Waals surface area contributed by atoms with Gasteiger partial charge in [0.05, 0.1) is 13.5 Å². The number of esters is 1. The Bertz CT molecular complexity index is 1020. The Kier molecular flexibility index (Phi) is 5.26. The molecule has 2 aromatic carbocycles. The summed E-state index contributed by atoms with van der Waals surface area (Å²) in [4.78, 5) is 39.7. The third-order valence-electron chi connectivity index (χ3n) is 5.14. The number of piperazine rings is 1. The van der Waals surface area contributed by atoms with E-state index in [-0.39, 0.29) is 18.1 Å². The maximum Gasteiger partial charge on any atom is 0.315 e. The van der Waals surface area contributed by atoms with Gasteiger partial charge in [-0.05, 0) is 18.2 Å². The molecule has 2 aromatic rings. The van der Waals surface area contributed by atoms with Gasteiger partial charge in [0.25, 0.3) is 0 Å². The molecule has 2 heterocycles. The molecule has 1 fully saturated rings. The van der Waals surface area contributed by atoms with E-state index in [0.29, 0.717) is 37.6 Å². The van der Waals surface area contributed by atoms with E-state index in [9.17, 15) is 18.8 Å². The molecule has 0 aromatic heterocycles. The molecule has 0 radical (unpaired) electrons. The Morgan fingerprint density at radius 3 is 2.60 bits per heavy atom. The van der Waals surface area contributed by atoms with Crippen LogP contribution in [0.3, 0.4) is 0 Å². The summed E-state index contributed by atoms with van der Waals surface area (Å²) in [5.41, 5.74) is 1.93. The number of fused-ring (bicyclic) bond motifs is 1. The lowest BCUT2D eigenvalue weighted by atomic mass is 10.1. The molecule has 2 aliphatic rings. The van der Waals surface area contributed by atoms with Crippen LogP contribution in [-0.2, 0) is 20.8 Å². The van der Waals surface area contributed by atoms with E-state index in [2.05, 4.69) is 5.32 Å². The summed E-state index contributed by atoms with van der Waals surface area (Å²) in [6, 6.07) is 9.46. The standard InChI is InChI=1S/C21H20FN3O5/c1-29-18-12-15(4-5-16(18)22)24-6-8-25(9-7-24)21(28)20(27)23-14-3-2-13-10-19(26)30-17(13)11-14/h2-5,11-12H,6-10H2,1H3,(H,23,27). The molecule has 0 unspecified atom stereocenters. The number of carbonyl (C=O) groups is 3. The molecule has 0 bridgehead atoms. The van der Waals surface area contributed by atoms with Crippen LogP contribution < -0.4 is 19.7 Å². The normalized spacial score (nSPS) is 15.5. The van der Waals surface area contributed by atoms with Crippen LogP contribution in [0, 0.1) is 5.82 Å². The number of ether oxygens (including phenoxy) is 2. The molecule has 2 amide bonds. The molecule has 1 saturated heterocycles. The third-order valence-corrected chi connectivity index (χ3v) is 5.14. The van der Waals surface area contributed by atoms with Gasteiger partial charge < -0.3 is 24.6 Å². The van der Waals surface area contributed by atoms with Crippen molar-refractivity contribution in [1.82, 2.24) is 4.90 Å². The zero-order chi connectivity index (χ0) is 21.3. The predicted molar refractivity (Wildman–Crippen MR) is 106 cm³/mol. The fraction of sp³-hybridized carbons (Fsp3) is 0.286. The summed E-state index contributed by atoms with van der Waals surface area (Å²) in [5.74, 6) is -1.62. The van der Waals surface area contributed by atoms with E-state index in [0.717, 1.165) is 11.3 Å². The first-order valence-electron chi connectivity index (χ1n) is 9.47. The van der Waals surface area contributed by atoms with E-state index < -0.39 is 17.6 Å². The van der Waals surface area contributed by atoms with E-state index in [1.807, 2.05) is 4.90 Å². The number of carbonyl (C=O) groups excluding carboxylic acids is 3. The van der Waals surface area contributed by atoms with Crippen LogP contribution in [0.2, 0.25) is 0 Å². The molecule has 0 aliphatic carbocycles. The van der Waals surface area contributed by atoms with Crippen LogP contribution in [-0.4, -0.2) is 56.0 Å². The molecular formula is C21H20FN3O5. The SMILES string of the molecule is COc1cc(N2CCN(C(=O)C(=O)Nc3ccc4c(c3)OC(=O)C4)CC2)ccc1F. The summed E-state index contributed by atoms with van der Waals surface area (Å²) in [5, 5.41) is 2.55. The van der Waals surface area contributed by atoms with Crippen molar-refractivity contribution in [2.24, 2.45) is 0 Å². The number of nitrogens with zero attached hydrogens (tertiary/aromatic N) is 2. The number of hydrogen-bond acceptors (Lipinski definition) is 6. The molecule has 0 saturated carbocycles. The molecule has 4 rings (SSSR count). The van der Waals surface area contributed by atoms with E-state index in [1.54, 1.807) is 24.3 Å². The van der Waals surface area contributed by atoms with Gasteiger partial charge >= 0.3 is 17.8 Å². The lowest BCUT2D eigenvalue weighted by Gasteiger charge is -2.35. The maximum absolute atomic E-state index is 13.6. The molecule has 2 aliphatic heterocycles. The Morgan fingerprint density at radius 2 is 1.87 bits per heavy atom.